The Hall–Kier alpha value is -3.32. The van der Waals surface area contributed by atoms with Gasteiger partial charge in [0.15, 0.2) is 17.9 Å². The van der Waals surface area contributed by atoms with Gasteiger partial charge in [0, 0.05) is 17.7 Å². The van der Waals surface area contributed by atoms with Crippen molar-refractivity contribution < 1.29 is 38.0 Å². The monoisotopic (exact) mass is 492 g/mol. The number of aliphatic hydroxyl groups excluding tert-OH is 3. The highest BCUT2D eigenvalue weighted by atomic mass is 19.2. The quantitative estimate of drug-likeness (QED) is 0.477. The molecule has 1 aromatic heterocycles. The minimum absolute atomic E-state index is 0.00752. The normalized spacial score (nSPS) is 24.4. The van der Waals surface area contributed by atoms with E-state index in [0.29, 0.717) is 5.56 Å². The zero-order valence-electron chi connectivity index (χ0n) is 18.5. The lowest BCUT2D eigenvalue weighted by Crippen LogP contribution is -2.62. The standard InChI is InChI=1S/C23H23F3N4O5/c1-2-29(22(34)13-6-7-15(25)16(26)9-13)23-21(33)19(20(32)18(11-31)35-23)30-10-17(27-28-30)12-4-3-5-14(24)8-12/h3-10,18-21,23,31-33H,2,11H2,1H3/t18?,19?,20-,21?,23+/m0/s1. The Balaban J connectivity index is 1.66. The first-order chi connectivity index (χ1) is 16.7. The summed E-state index contributed by atoms with van der Waals surface area (Å²) in [7, 11) is 0. The lowest BCUT2D eigenvalue weighted by Gasteiger charge is -2.45. The SMILES string of the molecule is CCN(C(=O)c1ccc(F)c(F)c1)[C@@H]1OC(CO)[C@H](O)C(n2cc(-c3cccc(F)c3)nn2)C1O. The molecule has 9 nitrogen and oxygen atoms in total. The number of benzene rings is 2. The zero-order valence-corrected chi connectivity index (χ0v) is 18.5. The summed E-state index contributed by atoms with van der Waals surface area (Å²) in [4.78, 5) is 14.1. The van der Waals surface area contributed by atoms with Gasteiger partial charge in [-0.3, -0.25) is 4.79 Å². The number of rotatable bonds is 6. The second-order valence-electron chi connectivity index (χ2n) is 8.03. The first kappa shape index (κ1) is 24.8. The molecule has 0 spiro atoms. The van der Waals surface area contributed by atoms with Crippen LogP contribution in [0.4, 0.5) is 13.2 Å². The molecule has 1 saturated heterocycles. The van der Waals surface area contributed by atoms with Crippen LogP contribution in [0.5, 0.6) is 0 Å². The highest BCUT2D eigenvalue weighted by Gasteiger charge is 2.49. The number of amides is 1. The fourth-order valence-corrected chi connectivity index (χ4v) is 4.09. The summed E-state index contributed by atoms with van der Waals surface area (Å²) in [6.07, 6.45) is -4.24. The van der Waals surface area contributed by atoms with Gasteiger partial charge >= 0.3 is 0 Å². The summed E-state index contributed by atoms with van der Waals surface area (Å²) >= 11 is 0. The maximum atomic E-state index is 13.7. The van der Waals surface area contributed by atoms with Crippen LogP contribution in [0.2, 0.25) is 0 Å². The molecule has 4 rings (SSSR count). The first-order valence-corrected chi connectivity index (χ1v) is 10.8. The lowest BCUT2D eigenvalue weighted by atomic mass is 9.94. The molecule has 0 radical (unpaired) electrons. The molecule has 5 atom stereocenters. The Morgan fingerprint density at radius 2 is 1.89 bits per heavy atom. The van der Waals surface area contributed by atoms with Gasteiger partial charge in [-0.15, -0.1) is 5.10 Å². The zero-order chi connectivity index (χ0) is 25.3. The molecule has 1 amide bonds. The van der Waals surface area contributed by atoms with Crippen LogP contribution in [-0.4, -0.2) is 78.8 Å². The number of aromatic nitrogens is 3. The van der Waals surface area contributed by atoms with E-state index in [9.17, 15) is 33.3 Å². The number of halogens is 3. The summed E-state index contributed by atoms with van der Waals surface area (Å²) in [6, 6.07) is 7.01. The van der Waals surface area contributed by atoms with Crippen molar-refractivity contribution in [3.8, 4) is 11.3 Å². The van der Waals surface area contributed by atoms with Gasteiger partial charge in [0.1, 0.15) is 35.9 Å². The number of carbonyl (C=O) groups excluding carboxylic acids is 1. The van der Waals surface area contributed by atoms with E-state index in [1.54, 1.807) is 13.0 Å². The molecule has 1 aliphatic heterocycles. The van der Waals surface area contributed by atoms with Crippen molar-refractivity contribution in [2.75, 3.05) is 13.2 Å². The van der Waals surface area contributed by atoms with Crippen LogP contribution in [0.15, 0.2) is 48.7 Å². The molecule has 12 heteroatoms. The molecule has 2 heterocycles. The average molecular weight is 492 g/mol. The van der Waals surface area contributed by atoms with Gasteiger partial charge in [-0.2, -0.15) is 0 Å². The fraction of sp³-hybridized carbons (Fsp3) is 0.348. The van der Waals surface area contributed by atoms with Crippen molar-refractivity contribution in [3.05, 3.63) is 71.7 Å². The van der Waals surface area contributed by atoms with Crippen molar-refractivity contribution in [2.45, 2.75) is 37.5 Å². The van der Waals surface area contributed by atoms with Crippen LogP contribution >= 0.6 is 0 Å². The number of ether oxygens (including phenoxy) is 1. The van der Waals surface area contributed by atoms with E-state index in [4.69, 9.17) is 4.74 Å². The smallest absolute Gasteiger partial charge is 0.256 e. The van der Waals surface area contributed by atoms with Gasteiger partial charge in [0.25, 0.3) is 5.91 Å². The minimum Gasteiger partial charge on any atom is -0.394 e. The second-order valence-corrected chi connectivity index (χ2v) is 8.03. The van der Waals surface area contributed by atoms with Crippen LogP contribution in [0, 0.1) is 17.5 Å². The highest BCUT2D eigenvalue weighted by molar-refractivity contribution is 5.94. The lowest BCUT2D eigenvalue weighted by molar-refractivity contribution is -0.237. The number of hydrogen-bond acceptors (Lipinski definition) is 7. The van der Waals surface area contributed by atoms with Gasteiger partial charge in [-0.25, -0.2) is 17.9 Å². The Labute approximate surface area is 198 Å². The first-order valence-electron chi connectivity index (χ1n) is 10.8. The van der Waals surface area contributed by atoms with E-state index >= 15 is 0 Å². The molecular weight excluding hydrogens is 469 g/mol. The van der Waals surface area contributed by atoms with Crippen molar-refractivity contribution >= 4 is 5.91 Å². The Kier molecular flexibility index (Phi) is 7.17. The molecular formula is C23H23F3N4O5. The molecule has 1 aliphatic rings. The van der Waals surface area contributed by atoms with E-state index < -0.39 is 60.5 Å². The van der Waals surface area contributed by atoms with Crippen molar-refractivity contribution in [1.29, 1.82) is 0 Å². The topological polar surface area (TPSA) is 121 Å². The number of carbonyl (C=O) groups is 1. The summed E-state index contributed by atoms with van der Waals surface area (Å²) in [6.45, 7) is 0.926. The van der Waals surface area contributed by atoms with Crippen molar-refractivity contribution in [2.24, 2.45) is 0 Å². The average Bonchev–Trinajstić information content (AvgIpc) is 3.32. The maximum absolute atomic E-state index is 13.7. The van der Waals surface area contributed by atoms with Gasteiger partial charge in [0.2, 0.25) is 0 Å². The molecule has 0 saturated carbocycles. The van der Waals surface area contributed by atoms with E-state index in [0.717, 1.165) is 27.8 Å². The Bertz CT molecular complexity index is 1210. The molecule has 3 unspecified atom stereocenters. The van der Waals surface area contributed by atoms with Gasteiger partial charge in [-0.05, 0) is 37.3 Å². The molecule has 3 aromatic rings. The number of likely N-dealkylation sites (N-methyl/N-ethyl adjacent to an activating group) is 1. The van der Waals surface area contributed by atoms with Crippen LogP contribution < -0.4 is 0 Å². The summed E-state index contributed by atoms with van der Waals surface area (Å²) in [5, 5.41) is 39.6. The largest absolute Gasteiger partial charge is 0.394 e. The molecule has 186 valence electrons. The maximum Gasteiger partial charge on any atom is 0.256 e. The highest BCUT2D eigenvalue weighted by Crippen LogP contribution is 2.33. The van der Waals surface area contributed by atoms with Gasteiger partial charge in [-0.1, -0.05) is 17.3 Å². The van der Waals surface area contributed by atoms with Crippen LogP contribution in [0.3, 0.4) is 0 Å². The number of aliphatic hydroxyl groups is 3. The van der Waals surface area contributed by atoms with E-state index in [1.807, 2.05) is 0 Å². The third-order valence-electron chi connectivity index (χ3n) is 5.88. The predicted molar refractivity (Wildman–Crippen MR) is 115 cm³/mol. The third kappa shape index (κ3) is 4.78. The Morgan fingerprint density at radius 3 is 2.54 bits per heavy atom. The third-order valence-corrected chi connectivity index (χ3v) is 5.88. The summed E-state index contributed by atoms with van der Waals surface area (Å²) in [5.74, 6) is -3.59. The fourth-order valence-electron chi connectivity index (χ4n) is 4.09. The minimum atomic E-state index is -1.57. The van der Waals surface area contributed by atoms with Gasteiger partial charge in [0.05, 0.1) is 12.8 Å². The van der Waals surface area contributed by atoms with E-state index in [-0.39, 0.29) is 17.8 Å². The van der Waals surface area contributed by atoms with Crippen molar-refractivity contribution in [3.63, 3.8) is 0 Å². The number of hydrogen-bond donors (Lipinski definition) is 3. The van der Waals surface area contributed by atoms with Crippen LogP contribution in [0.25, 0.3) is 11.3 Å². The Morgan fingerprint density at radius 1 is 1.11 bits per heavy atom. The molecule has 0 bridgehead atoms. The van der Waals surface area contributed by atoms with Crippen LogP contribution in [-0.2, 0) is 4.74 Å². The molecule has 2 aromatic carbocycles. The number of nitrogens with zero attached hydrogens (tertiary/aromatic N) is 4. The molecule has 0 aliphatic carbocycles. The predicted octanol–water partition coefficient (Wildman–Crippen LogP) is 1.50. The second kappa shape index (κ2) is 10.1. The molecule has 3 N–H and O–H groups in total. The van der Waals surface area contributed by atoms with Crippen molar-refractivity contribution in [1.82, 2.24) is 19.9 Å². The van der Waals surface area contributed by atoms with E-state index in [2.05, 4.69) is 10.3 Å². The van der Waals surface area contributed by atoms with Gasteiger partial charge < -0.3 is 25.0 Å². The molecule has 35 heavy (non-hydrogen) atoms. The van der Waals surface area contributed by atoms with E-state index in [1.165, 1.54) is 24.4 Å². The van der Waals surface area contributed by atoms with Crippen LogP contribution in [0.1, 0.15) is 23.3 Å². The summed E-state index contributed by atoms with van der Waals surface area (Å²) in [5.41, 5.74) is 0.489. The summed E-state index contributed by atoms with van der Waals surface area (Å²) < 4.78 is 47.5. The molecule has 1 fully saturated rings.